The Morgan fingerprint density at radius 3 is 2.68 bits per heavy atom. The van der Waals surface area contributed by atoms with E-state index >= 15 is 0 Å². The summed E-state index contributed by atoms with van der Waals surface area (Å²) in [5.74, 6) is 0.404. The number of thioether (sulfide) groups is 1. The standard InChI is InChI=1S/C19H30N6O5S/c1-19(30)7-11(26)8-24(16(27)12(20)5-6-31-4)9-13(19)25-10-21-15-14(25)17(28)23(3)18(29)22(15)2/h10-13,26,30H,5-9,20H2,1-4H3/t11-,12-,13+,19+/m0/s1. The van der Waals surface area contributed by atoms with Crippen molar-refractivity contribution in [2.24, 2.45) is 19.8 Å². The third-order valence-corrected chi connectivity index (χ3v) is 6.61. The van der Waals surface area contributed by atoms with Crippen molar-refractivity contribution in [1.29, 1.82) is 0 Å². The minimum atomic E-state index is -1.45. The monoisotopic (exact) mass is 454 g/mol. The van der Waals surface area contributed by atoms with Gasteiger partial charge in [0, 0.05) is 33.6 Å². The Labute approximate surface area is 183 Å². The maximum absolute atomic E-state index is 13.0. The topological polar surface area (TPSA) is 149 Å². The van der Waals surface area contributed by atoms with Gasteiger partial charge in [-0.1, -0.05) is 0 Å². The average molecular weight is 455 g/mol. The summed E-state index contributed by atoms with van der Waals surface area (Å²) in [5, 5.41) is 21.7. The van der Waals surface area contributed by atoms with E-state index < -0.39 is 35.0 Å². The van der Waals surface area contributed by atoms with Gasteiger partial charge in [0.05, 0.1) is 30.1 Å². The van der Waals surface area contributed by atoms with Crippen LogP contribution in [-0.4, -0.2) is 82.6 Å². The quantitative estimate of drug-likeness (QED) is 0.489. The smallest absolute Gasteiger partial charge is 0.332 e. The van der Waals surface area contributed by atoms with Crippen LogP contribution in [0.4, 0.5) is 0 Å². The van der Waals surface area contributed by atoms with Gasteiger partial charge in [-0.15, -0.1) is 0 Å². The Kier molecular flexibility index (Phi) is 6.65. The number of carbonyl (C=O) groups is 1. The Bertz CT molecular complexity index is 1090. The van der Waals surface area contributed by atoms with Gasteiger partial charge in [-0.3, -0.25) is 18.7 Å². The van der Waals surface area contributed by atoms with Crippen molar-refractivity contribution in [3.8, 4) is 0 Å². The number of likely N-dealkylation sites (tertiary alicyclic amines) is 1. The van der Waals surface area contributed by atoms with E-state index in [-0.39, 0.29) is 36.6 Å². The molecule has 2 aromatic heterocycles. The zero-order valence-electron chi connectivity index (χ0n) is 18.2. The summed E-state index contributed by atoms with van der Waals surface area (Å²) in [6.07, 6.45) is 2.84. The minimum Gasteiger partial charge on any atom is -0.391 e. The highest BCUT2D eigenvalue weighted by Gasteiger charge is 2.42. The molecule has 4 N–H and O–H groups in total. The molecule has 12 heteroatoms. The molecule has 1 aliphatic heterocycles. The Morgan fingerprint density at radius 1 is 1.35 bits per heavy atom. The van der Waals surface area contributed by atoms with Crippen LogP contribution in [0.1, 0.15) is 25.8 Å². The SMILES string of the molecule is CSCC[C@H](N)C(=O)N1C[C@@H](O)C[C@@](C)(O)[C@H](n2cnc3c2c(=O)n(C)c(=O)n3C)C1. The molecular weight excluding hydrogens is 424 g/mol. The molecule has 1 aliphatic rings. The molecular formula is C19H30N6O5S. The van der Waals surface area contributed by atoms with E-state index in [1.807, 2.05) is 6.26 Å². The van der Waals surface area contributed by atoms with Gasteiger partial charge in [-0.25, -0.2) is 9.78 Å². The van der Waals surface area contributed by atoms with Crippen molar-refractivity contribution in [2.75, 3.05) is 25.1 Å². The highest BCUT2D eigenvalue weighted by molar-refractivity contribution is 7.98. The molecule has 4 atom stereocenters. The van der Waals surface area contributed by atoms with Gasteiger partial charge in [0.2, 0.25) is 5.91 Å². The van der Waals surface area contributed by atoms with E-state index in [0.29, 0.717) is 6.42 Å². The van der Waals surface area contributed by atoms with E-state index in [1.165, 1.54) is 34.5 Å². The van der Waals surface area contributed by atoms with Gasteiger partial charge >= 0.3 is 5.69 Å². The number of fused-ring (bicyclic) bond motifs is 1. The average Bonchev–Trinajstić information content (AvgIpc) is 3.10. The van der Waals surface area contributed by atoms with E-state index in [1.54, 1.807) is 18.7 Å². The number of imidazole rings is 1. The molecule has 1 saturated heterocycles. The Balaban J connectivity index is 2.09. The van der Waals surface area contributed by atoms with Gasteiger partial charge in [0.25, 0.3) is 5.56 Å². The van der Waals surface area contributed by atoms with Crippen molar-refractivity contribution >= 4 is 28.8 Å². The third kappa shape index (κ3) is 4.29. The fraction of sp³-hybridized carbons (Fsp3) is 0.684. The van der Waals surface area contributed by atoms with Crippen molar-refractivity contribution in [2.45, 2.75) is 43.6 Å². The minimum absolute atomic E-state index is 0.00670. The summed E-state index contributed by atoms with van der Waals surface area (Å²) in [6, 6.07) is -1.51. The first-order chi connectivity index (χ1) is 14.5. The number of nitrogens with zero attached hydrogens (tertiary/aromatic N) is 5. The number of rotatable bonds is 5. The number of hydrogen-bond donors (Lipinski definition) is 3. The molecule has 1 fully saturated rings. The van der Waals surface area contributed by atoms with Gasteiger partial charge in [0.15, 0.2) is 11.2 Å². The zero-order chi connectivity index (χ0) is 23.1. The lowest BCUT2D eigenvalue weighted by molar-refractivity contribution is -0.134. The Morgan fingerprint density at radius 2 is 2.03 bits per heavy atom. The second-order valence-corrected chi connectivity index (χ2v) is 9.38. The van der Waals surface area contributed by atoms with Crippen LogP contribution in [0.3, 0.4) is 0 Å². The number of carbonyl (C=O) groups excluding carboxylic acids is 1. The van der Waals surface area contributed by atoms with Crippen LogP contribution in [0.2, 0.25) is 0 Å². The molecule has 0 unspecified atom stereocenters. The number of aliphatic hydroxyl groups is 2. The lowest BCUT2D eigenvalue weighted by Gasteiger charge is -2.34. The predicted molar refractivity (Wildman–Crippen MR) is 118 cm³/mol. The molecule has 1 amide bonds. The van der Waals surface area contributed by atoms with E-state index in [0.717, 1.165) is 10.3 Å². The third-order valence-electron chi connectivity index (χ3n) is 5.96. The molecule has 0 saturated carbocycles. The molecule has 2 aromatic rings. The van der Waals surface area contributed by atoms with Crippen LogP contribution >= 0.6 is 11.8 Å². The van der Waals surface area contributed by atoms with Crippen LogP contribution in [0.25, 0.3) is 11.2 Å². The maximum Gasteiger partial charge on any atom is 0.332 e. The van der Waals surface area contributed by atoms with Gasteiger partial charge in [-0.05, 0) is 25.4 Å². The summed E-state index contributed by atoms with van der Waals surface area (Å²) in [6.45, 7) is 1.62. The molecule has 172 valence electrons. The van der Waals surface area contributed by atoms with E-state index in [9.17, 15) is 24.6 Å². The number of β-amino-alcohol motifs (C(OH)–C–C–N with tert-alkyl or cyclic N) is 1. The molecule has 0 bridgehead atoms. The predicted octanol–water partition coefficient (Wildman–Crippen LogP) is -1.60. The summed E-state index contributed by atoms with van der Waals surface area (Å²) in [4.78, 5) is 43.8. The molecule has 0 aromatic carbocycles. The molecule has 3 heterocycles. The van der Waals surface area contributed by atoms with Crippen LogP contribution < -0.4 is 17.0 Å². The Hall–Kier alpha value is -2.15. The molecule has 0 spiro atoms. The molecule has 0 aliphatic carbocycles. The summed E-state index contributed by atoms with van der Waals surface area (Å²) in [5.41, 5.74) is 3.89. The van der Waals surface area contributed by atoms with Crippen molar-refractivity contribution in [3.05, 3.63) is 27.2 Å². The van der Waals surface area contributed by atoms with Crippen LogP contribution in [0, 0.1) is 0 Å². The van der Waals surface area contributed by atoms with Crippen molar-refractivity contribution in [3.63, 3.8) is 0 Å². The van der Waals surface area contributed by atoms with Crippen LogP contribution in [0.15, 0.2) is 15.9 Å². The van der Waals surface area contributed by atoms with Crippen molar-refractivity contribution in [1.82, 2.24) is 23.6 Å². The summed E-state index contributed by atoms with van der Waals surface area (Å²) < 4.78 is 3.74. The first-order valence-corrected chi connectivity index (χ1v) is 11.4. The van der Waals surface area contributed by atoms with Gasteiger partial charge in [-0.2, -0.15) is 11.8 Å². The highest BCUT2D eigenvalue weighted by atomic mass is 32.2. The zero-order valence-corrected chi connectivity index (χ0v) is 19.0. The van der Waals surface area contributed by atoms with E-state index in [2.05, 4.69) is 4.98 Å². The number of aliphatic hydroxyl groups excluding tert-OH is 1. The maximum atomic E-state index is 13.0. The first kappa shape index (κ1) is 23.5. The largest absolute Gasteiger partial charge is 0.391 e. The molecule has 0 radical (unpaired) electrons. The summed E-state index contributed by atoms with van der Waals surface area (Å²) in [7, 11) is 2.88. The van der Waals surface area contributed by atoms with E-state index in [4.69, 9.17) is 5.73 Å². The first-order valence-electron chi connectivity index (χ1n) is 10.1. The molecule has 3 rings (SSSR count). The highest BCUT2D eigenvalue weighted by Crippen LogP contribution is 2.33. The van der Waals surface area contributed by atoms with Crippen LogP contribution in [0.5, 0.6) is 0 Å². The number of aromatic nitrogens is 4. The normalized spacial score (nSPS) is 25.6. The fourth-order valence-electron chi connectivity index (χ4n) is 4.18. The number of nitrogens with two attached hydrogens (primary N) is 1. The molecule has 11 nitrogen and oxygen atoms in total. The van der Waals surface area contributed by atoms with Crippen LogP contribution in [-0.2, 0) is 18.9 Å². The fourth-order valence-corrected chi connectivity index (χ4v) is 4.67. The summed E-state index contributed by atoms with van der Waals surface area (Å²) >= 11 is 1.59. The number of amides is 1. The second kappa shape index (κ2) is 8.77. The number of hydrogen-bond acceptors (Lipinski definition) is 8. The van der Waals surface area contributed by atoms with Crippen molar-refractivity contribution < 1.29 is 15.0 Å². The lowest BCUT2D eigenvalue weighted by atomic mass is 9.91. The molecule has 31 heavy (non-hydrogen) atoms. The van der Waals surface area contributed by atoms with Gasteiger partial charge < -0.3 is 25.4 Å². The van der Waals surface area contributed by atoms with Gasteiger partial charge in [0.1, 0.15) is 0 Å². The lowest BCUT2D eigenvalue weighted by Crippen LogP contribution is -2.48. The second-order valence-electron chi connectivity index (χ2n) is 8.39. The number of aryl methyl sites for hydroxylation is 1.